The zero-order valence-corrected chi connectivity index (χ0v) is 11.3. The second-order valence-corrected chi connectivity index (χ2v) is 5.20. The molecule has 0 aromatic heterocycles. The Morgan fingerprint density at radius 1 is 1.15 bits per heavy atom. The van der Waals surface area contributed by atoms with Crippen LogP contribution in [0.1, 0.15) is 21.3 Å². The van der Waals surface area contributed by atoms with Gasteiger partial charge in [-0.1, -0.05) is 18.2 Å². The number of halogens is 2. The van der Waals surface area contributed by atoms with Gasteiger partial charge in [-0.3, -0.25) is 4.79 Å². The average molecular weight is 291 g/mol. The Morgan fingerprint density at radius 3 is 2.60 bits per heavy atom. The van der Waals surface area contributed by atoms with Gasteiger partial charge in [0.05, 0.1) is 11.3 Å². The van der Waals surface area contributed by atoms with Crippen LogP contribution in [0.15, 0.2) is 48.5 Å². The highest BCUT2D eigenvalue weighted by molar-refractivity contribution is 6.23. The molecule has 0 bridgehead atoms. The summed E-state index contributed by atoms with van der Waals surface area (Å²) in [6.07, 6.45) is 0. The van der Waals surface area contributed by atoms with Gasteiger partial charge in [-0.2, -0.15) is 0 Å². The quantitative estimate of drug-likeness (QED) is 0.617. The van der Waals surface area contributed by atoms with Crippen LogP contribution >= 0.6 is 11.6 Å². The molecule has 0 aliphatic carbocycles. The largest absolute Gasteiger partial charge is 0.492 e. The number of rotatable bonds is 2. The first-order chi connectivity index (χ1) is 9.66. The molecule has 2 unspecified atom stereocenters. The maximum Gasteiger partial charge on any atom is 0.171 e. The van der Waals surface area contributed by atoms with E-state index in [1.165, 1.54) is 24.3 Å². The predicted molar refractivity (Wildman–Crippen MR) is 74.8 cm³/mol. The molecule has 1 aliphatic heterocycles. The maximum atomic E-state index is 12.9. The second kappa shape index (κ2) is 5.25. The van der Waals surface area contributed by atoms with Gasteiger partial charge in [0.2, 0.25) is 0 Å². The number of carbonyl (C=O) groups excluding carboxylic acids is 1. The Hall–Kier alpha value is -1.87. The molecule has 3 rings (SSSR count). The molecule has 2 atom stereocenters. The average Bonchev–Trinajstić information content (AvgIpc) is 2.48. The Labute approximate surface area is 121 Å². The Bertz CT molecular complexity index is 639. The molecule has 0 N–H and O–H groups in total. The fourth-order valence-corrected chi connectivity index (χ4v) is 2.72. The normalized spacial score (nSPS) is 20.9. The summed E-state index contributed by atoms with van der Waals surface area (Å²) in [4.78, 5) is 12.4. The highest BCUT2D eigenvalue weighted by Crippen LogP contribution is 2.40. The van der Waals surface area contributed by atoms with E-state index < -0.39 is 11.3 Å². The van der Waals surface area contributed by atoms with Crippen LogP contribution in [0.25, 0.3) is 0 Å². The van der Waals surface area contributed by atoms with Crippen LogP contribution in [0.3, 0.4) is 0 Å². The first kappa shape index (κ1) is 13.1. The number of ether oxygens (including phenoxy) is 1. The summed E-state index contributed by atoms with van der Waals surface area (Å²) in [5.74, 6) is -0.235. The zero-order chi connectivity index (χ0) is 14.1. The van der Waals surface area contributed by atoms with Crippen molar-refractivity contribution in [3.05, 3.63) is 65.5 Å². The number of carbonyl (C=O) groups is 1. The van der Waals surface area contributed by atoms with E-state index in [2.05, 4.69) is 0 Å². The third-order valence-electron chi connectivity index (χ3n) is 3.45. The molecule has 2 aromatic carbocycles. The van der Waals surface area contributed by atoms with Gasteiger partial charge in [-0.05, 0) is 30.3 Å². The molecule has 0 amide bonds. The highest BCUT2D eigenvalue weighted by Gasteiger charge is 2.34. The monoisotopic (exact) mass is 290 g/mol. The number of ketones is 1. The third-order valence-corrected chi connectivity index (χ3v) is 3.99. The van der Waals surface area contributed by atoms with Crippen LogP contribution < -0.4 is 4.74 Å². The molecule has 0 saturated carbocycles. The van der Waals surface area contributed by atoms with Crippen LogP contribution in [0.4, 0.5) is 4.39 Å². The highest BCUT2D eigenvalue weighted by atomic mass is 35.5. The van der Waals surface area contributed by atoms with E-state index in [1.54, 1.807) is 0 Å². The summed E-state index contributed by atoms with van der Waals surface area (Å²) in [6.45, 7) is 0.237. The lowest BCUT2D eigenvalue weighted by Gasteiger charge is -2.28. The first-order valence-electron chi connectivity index (χ1n) is 6.32. The minimum atomic E-state index is -0.461. The van der Waals surface area contributed by atoms with E-state index in [0.717, 1.165) is 11.3 Å². The van der Waals surface area contributed by atoms with Crippen LogP contribution in [0.2, 0.25) is 0 Å². The lowest BCUT2D eigenvalue weighted by Crippen LogP contribution is -2.30. The summed E-state index contributed by atoms with van der Waals surface area (Å²) >= 11 is 6.41. The van der Waals surface area contributed by atoms with Crippen LogP contribution in [0.5, 0.6) is 5.75 Å². The van der Waals surface area contributed by atoms with Crippen molar-refractivity contribution >= 4 is 17.4 Å². The zero-order valence-electron chi connectivity index (χ0n) is 10.6. The van der Waals surface area contributed by atoms with E-state index in [-0.39, 0.29) is 18.2 Å². The smallest absolute Gasteiger partial charge is 0.171 e. The first-order valence-corrected chi connectivity index (χ1v) is 6.76. The molecule has 1 aliphatic rings. The number of hydrogen-bond acceptors (Lipinski definition) is 2. The SMILES string of the molecule is O=C(c1ccc(F)cc1)C1COc2ccccc2C1Cl. The van der Waals surface area contributed by atoms with Gasteiger partial charge < -0.3 is 4.74 Å². The molecule has 4 heteroatoms. The Balaban J connectivity index is 1.89. The van der Waals surface area contributed by atoms with E-state index in [4.69, 9.17) is 16.3 Å². The van der Waals surface area contributed by atoms with Crippen LogP contribution in [0, 0.1) is 11.7 Å². The summed E-state index contributed by atoms with van der Waals surface area (Å²) in [7, 11) is 0. The molecule has 0 fully saturated rings. The van der Waals surface area contributed by atoms with Crippen molar-refractivity contribution in [2.24, 2.45) is 5.92 Å². The number of benzene rings is 2. The lowest BCUT2D eigenvalue weighted by atomic mass is 9.89. The molecule has 20 heavy (non-hydrogen) atoms. The minimum Gasteiger partial charge on any atom is -0.492 e. The molecule has 1 heterocycles. The fraction of sp³-hybridized carbons (Fsp3) is 0.188. The van der Waals surface area contributed by atoms with Crippen molar-refractivity contribution in [3.8, 4) is 5.75 Å². The number of para-hydroxylation sites is 1. The maximum absolute atomic E-state index is 12.9. The van der Waals surface area contributed by atoms with Crippen molar-refractivity contribution in [2.45, 2.75) is 5.38 Å². The van der Waals surface area contributed by atoms with Crippen molar-refractivity contribution < 1.29 is 13.9 Å². The van der Waals surface area contributed by atoms with Gasteiger partial charge in [-0.15, -0.1) is 11.6 Å². The van der Waals surface area contributed by atoms with Crippen LogP contribution in [-0.4, -0.2) is 12.4 Å². The van der Waals surface area contributed by atoms with Gasteiger partial charge in [0.1, 0.15) is 18.2 Å². The molecule has 0 radical (unpaired) electrons. The number of alkyl halides is 1. The molecular weight excluding hydrogens is 279 g/mol. The van der Waals surface area contributed by atoms with Crippen molar-refractivity contribution in [2.75, 3.05) is 6.61 Å². The molecule has 0 spiro atoms. The molecular formula is C16H12ClFO2. The van der Waals surface area contributed by atoms with Crippen molar-refractivity contribution in [3.63, 3.8) is 0 Å². The summed E-state index contributed by atoms with van der Waals surface area (Å²) in [5, 5.41) is -0.433. The minimum absolute atomic E-state index is 0.125. The Kier molecular flexibility index (Phi) is 3.45. The van der Waals surface area contributed by atoms with Gasteiger partial charge in [0, 0.05) is 11.1 Å². The van der Waals surface area contributed by atoms with E-state index in [0.29, 0.717) is 5.56 Å². The summed E-state index contributed by atoms with van der Waals surface area (Å²) in [5.41, 5.74) is 1.27. The molecule has 2 aromatic rings. The summed E-state index contributed by atoms with van der Waals surface area (Å²) in [6, 6.07) is 12.9. The Morgan fingerprint density at radius 2 is 1.85 bits per heavy atom. The second-order valence-electron chi connectivity index (χ2n) is 4.73. The molecule has 102 valence electrons. The molecule has 2 nitrogen and oxygen atoms in total. The summed E-state index contributed by atoms with van der Waals surface area (Å²) < 4.78 is 18.5. The van der Waals surface area contributed by atoms with Gasteiger partial charge in [-0.25, -0.2) is 4.39 Å². The van der Waals surface area contributed by atoms with E-state index in [9.17, 15) is 9.18 Å². The number of Topliss-reactive ketones (excluding diaryl/α,β-unsaturated/α-hetero) is 1. The van der Waals surface area contributed by atoms with Crippen LogP contribution in [-0.2, 0) is 0 Å². The standard InChI is InChI=1S/C16H12ClFO2/c17-15-12-3-1-2-4-14(12)20-9-13(15)16(19)10-5-7-11(18)8-6-10/h1-8,13,15H,9H2. The van der Waals surface area contributed by atoms with Gasteiger partial charge >= 0.3 is 0 Å². The van der Waals surface area contributed by atoms with Gasteiger partial charge in [0.25, 0.3) is 0 Å². The number of hydrogen-bond donors (Lipinski definition) is 0. The van der Waals surface area contributed by atoms with Gasteiger partial charge in [0.15, 0.2) is 5.78 Å². The number of fused-ring (bicyclic) bond motifs is 1. The van der Waals surface area contributed by atoms with E-state index >= 15 is 0 Å². The molecule has 0 saturated heterocycles. The fourth-order valence-electron chi connectivity index (χ4n) is 2.36. The third kappa shape index (κ3) is 2.29. The topological polar surface area (TPSA) is 26.3 Å². The van der Waals surface area contributed by atoms with Crippen molar-refractivity contribution in [1.82, 2.24) is 0 Å². The van der Waals surface area contributed by atoms with E-state index in [1.807, 2.05) is 24.3 Å². The lowest BCUT2D eigenvalue weighted by molar-refractivity contribution is 0.0849. The van der Waals surface area contributed by atoms with Crippen molar-refractivity contribution in [1.29, 1.82) is 0 Å². The predicted octanol–water partition coefficient (Wildman–Crippen LogP) is 4.00.